The monoisotopic (exact) mass is 230 g/mol. The zero-order valence-electron chi connectivity index (χ0n) is 7.87. The fourth-order valence-corrected chi connectivity index (χ4v) is 2.36. The molecule has 0 saturated heterocycles. The summed E-state index contributed by atoms with van der Waals surface area (Å²) in [6.07, 6.45) is 0.757. The minimum Gasteiger partial charge on any atom is -0.393 e. The van der Waals surface area contributed by atoms with Gasteiger partial charge in [-0.3, -0.25) is 0 Å². The maximum Gasteiger partial charge on any atom is 0.0627 e. The van der Waals surface area contributed by atoms with E-state index in [9.17, 15) is 5.11 Å². The highest BCUT2D eigenvalue weighted by atomic mass is 35.5. The number of rotatable bonds is 2. The SMILES string of the molecule is C[C@H](O)[C@H]1C[C@H]1c1cccc(Cl)c1Cl. The van der Waals surface area contributed by atoms with Crippen molar-refractivity contribution in [2.75, 3.05) is 0 Å². The van der Waals surface area contributed by atoms with E-state index in [4.69, 9.17) is 23.2 Å². The van der Waals surface area contributed by atoms with E-state index in [-0.39, 0.29) is 6.10 Å². The molecule has 1 saturated carbocycles. The highest BCUT2D eigenvalue weighted by molar-refractivity contribution is 6.42. The first-order valence-corrected chi connectivity index (χ1v) is 5.49. The predicted octanol–water partition coefficient (Wildman–Crippen LogP) is 3.48. The molecule has 0 heterocycles. The van der Waals surface area contributed by atoms with Gasteiger partial charge in [0.05, 0.1) is 16.1 Å². The molecule has 14 heavy (non-hydrogen) atoms. The Morgan fingerprint density at radius 3 is 2.71 bits per heavy atom. The molecule has 1 aliphatic carbocycles. The average Bonchev–Trinajstić information content (AvgIpc) is 2.89. The van der Waals surface area contributed by atoms with Crippen LogP contribution in [-0.4, -0.2) is 11.2 Å². The van der Waals surface area contributed by atoms with Crippen LogP contribution in [0.3, 0.4) is 0 Å². The van der Waals surface area contributed by atoms with E-state index in [1.807, 2.05) is 19.1 Å². The largest absolute Gasteiger partial charge is 0.393 e. The number of hydrogen-bond donors (Lipinski definition) is 1. The molecule has 3 atom stereocenters. The standard InChI is InChI=1S/C11H12Cl2O/c1-6(14)8-5-9(8)7-3-2-4-10(12)11(7)13/h2-4,6,8-9,14H,5H2,1H3/t6-,8+,9-/m0/s1. The molecule has 0 bridgehead atoms. The Bertz CT molecular complexity index is 349. The highest BCUT2D eigenvalue weighted by Gasteiger charge is 2.42. The van der Waals surface area contributed by atoms with Crippen LogP contribution in [0.5, 0.6) is 0 Å². The van der Waals surface area contributed by atoms with Crippen molar-refractivity contribution in [3.8, 4) is 0 Å². The molecule has 0 unspecified atom stereocenters. The summed E-state index contributed by atoms with van der Waals surface area (Å²) in [4.78, 5) is 0. The van der Waals surface area contributed by atoms with Gasteiger partial charge in [0, 0.05) is 0 Å². The van der Waals surface area contributed by atoms with Crippen LogP contribution >= 0.6 is 23.2 Å². The van der Waals surface area contributed by atoms with Crippen LogP contribution < -0.4 is 0 Å². The molecule has 1 aromatic rings. The summed E-state index contributed by atoms with van der Waals surface area (Å²) in [6, 6.07) is 5.68. The third-order valence-electron chi connectivity index (χ3n) is 2.84. The van der Waals surface area contributed by atoms with Crippen LogP contribution in [0.15, 0.2) is 18.2 Å². The van der Waals surface area contributed by atoms with Gasteiger partial charge in [0.1, 0.15) is 0 Å². The van der Waals surface area contributed by atoms with Crippen LogP contribution in [0.25, 0.3) is 0 Å². The van der Waals surface area contributed by atoms with Gasteiger partial charge in [-0.05, 0) is 36.8 Å². The Morgan fingerprint density at radius 1 is 1.43 bits per heavy atom. The number of benzene rings is 1. The van der Waals surface area contributed by atoms with Gasteiger partial charge in [-0.15, -0.1) is 0 Å². The van der Waals surface area contributed by atoms with Crippen molar-refractivity contribution in [3.05, 3.63) is 33.8 Å². The lowest BCUT2D eigenvalue weighted by Gasteiger charge is -2.06. The fraction of sp³-hybridized carbons (Fsp3) is 0.455. The lowest BCUT2D eigenvalue weighted by atomic mass is 10.1. The summed E-state index contributed by atoms with van der Waals surface area (Å²) in [7, 11) is 0. The second kappa shape index (κ2) is 3.73. The van der Waals surface area contributed by atoms with E-state index in [0.717, 1.165) is 12.0 Å². The number of hydrogen-bond acceptors (Lipinski definition) is 1. The van der Waals surface area contributed by atoms with Crippen LogP contribution in [0, 0.1) is 5.92 Å². The van der Waals surface area contributed by atoms with Gasteiger partial charge in [-0.1, -0.05) is 35.3 Å². The first-order chi connectivity index (χ1) is 6.61. The van der Waals surface area contributed by atoms with Crippen molar-refractivity contribution in [2.24, 2.45) is 5.92 Å². The van der Waals surface area contributed by atoms with Crippen LogP contribution in [0.2, 0.25) is 10.0 Å². The van der Waals surface area contributed by atoms with E-state index >= 15 is 0 Å². The summed E-state index contributed by atoms with van der Waals surface area (Å²) in [5, 5.41) is 10.6. The Balaban J connectivity index is 2.23. The summed E-state index contributed by atoms with van der Waals surface area (Å²) in [5.74, 6) is 0.743. The lowest BCUT2D eigenvalue weighted by Crippen LogP contribution is -2.03. The van der Waals surface area contributed by atoms with E-state index in [0.29, 0.717) is 21.9 Å². The predicted molar refractivity (Wildman–Crippen MR) is 59.0 cm³/mol. The first kappa shape index (κ1) is 10.3. The van der Waals surface area contributed by atoms with Crippen molar-refractivity contribution in [1.29, 1.82) is 0 Å². The van der Waals surface area contributed by atoms with Crippen LogP contribution in [0.4, 0.5) is 0 Å². The molecule has 0 aliphatic heterocycles. The Kier molecular flexibility index (Phi) is 2.74. The smallest absolute Gasteiger partial charge is 0.0627 e. The summed E-state index contributed by atoms with van der Waals surface area (Å²) >= 11 is 12.0. The molecule has 0 amide bonds. The Labute approximate surface area is 93.7 Å². The zero-order valence-corrected chi connectivity index (χ0v) is 9.39. The zero-order chi connectivity index (χ0) is 10.3. The van der Waals surface area contributed by atoms with Crippen molar-refractivity contribution >= 4 is 23.2 Å². The molecule has 1 N–H and O–H groups in total. The normalized spacial score (nSPS) is 27.4. The fourth-order valence-electron chi connectivity index (χ4n) is 1.91. The molecule has 1 fully saturated rings. The van der Waals surface area contributed by atoms with Gasteiger partial charge < -0.3 is 5.11 Å². The second-order valence-electron chi connectivity index (χ2n) is 3.89. The molecule has 2 rings (SSSR count). The van der Waals surface area contributed by atoms with E-state index in [2.05, 4.69) is 0 Å². The third kappa shape index (κ3) is 1.77. The summed E-state index contributed by atoms with van der Waals surface area (Å²) in [6.45, 7) is 1.82. The van der Waals surface area contributed by atoms with Gasteiger partial charge in [-0.2, -0.15) is 0 Å². The van der Waals surface area contributed by atoms with Crippen LogP contribution in [-0.2, 0) is 0 Å². The van der Waals surface area contributed by atoms with E-state index in [1.54, 1.807) is 6.07 Å². The molecule has 76 valence electrons. The van der Waals surface area contributed by atoms with Gasteiger partial charge >= 0.3 is 0 Å². The minimum atomic E-state index is -0.255. The van der Waals surface area contributed by atoms with Gasteiger partial charge in [0.2, 0.25) is 0 Å². The van der Waals surface area contributed by atoms with Gasteiger partial charge in [0.25, 0.3) is 0 Å². The molecule has 0 aromatic heterocycles. The third-order valence-corrected chi connectivity index (χ3v) is 3.67. The van der Waals surface area contributed by atoms with E-state index < -0.39 is 0 Å². The summed E-state index contributed by atoms with van der Waals surface area (Å²) < 4.78 is 0. The Hall–Kier alpha value is -0.240. The van der Waals surface area contributed by atoms with E-state index in [1.165, 1.54) is 0 Å². The molecule has 0 radical (unpaired) electrons. The topological polar surface area (TPSA) is 20.2 Å². The highest BCUT2D eigenvalue weighted by Crippen LogP contribution is 2.52. The van der Waals surface area contributed by atoms with Crippen LogP contribution in [0.1, 0.15) is 24.8 Å². The molecular weight excluding hydrogens is 219 g/mol. The first-order valence-electron chi connectivity index (χ1n) is 4.73. The molecule has 3 heteroatoms. The quantitative estimate of drug-likeness (QED) is 0.826. The molecule has 0 spiro atoms. The van der Waals surface area contributed by atoms with Gasteiger partial charge in [-0.25, -0.2) is 0 Å². The van der Waals surface area contributed by atoms with Crippen molar-refractivity contribution in [1.82, 2.24) is 0 Å². The molecule has 1 aliphatic rings. The number of aliphatic hydroxyl groups is 1. The maximum atomic E-state index is 9.41. The van der Waals surface area contributed by atoms with Crippen molar-refractivity contribution in [2.45, 2.75) is 25.4 Å². The Morgan fingerprint density at radius 2 is 2.14 bits per heavy atom. The van der Waals surface area contributed by atoms with Crippen molar-refractivity contribution in [3.63, 3.8) is 0 Å². The molecular formula is C11H12Cl2O. The number of halogens is 2. The maximum absolute atomic E-state index is 9.41. The van der Waals surface area contributed by atoms with Gasteiger partial charge in [0.15, 0.2) is 0 Å². The second-order valence-corrected chi connectivity index (χ2v) is 4.67. The average molecular weight is 231 g/mol. The van der Waals surface area contributed by atoms with Crippen molar-refractivity contribution < 1.29 is 5.11 Å². The summed E-state index contributed by atoms with van der Waals surface area (Å²) in [5.41, 5.74) is 1.07. The minimum absolute atomic E-state index is 0.255. The number of aliphatic hydroxyl groups excluding tert-OH is 1. The lowest BCUT2D eigenvalue weighted by molar-refractivity contribution is 0.169. The molecule has 1 aromatic carbocycles. The molecule has 1 nitrogen and oxygen atoms in total.